The highest BCUT2D eigenvalue weighted by molar-refractivity contribution is 7.98. The Morgan fingerprint density at radius 2 is 2.10 bits per heavy atom. The van der Waals surface area contributed by atoms with E-state index >= 15 is 0 Å². The molecule has 11 heteroatoms. The van der Waals surface area contributed by atoms with Crippen LogP contribution in [0.1, 0.15) is 22.8 Å². The molecule has 0 amide bonds. The molecule has 3 N–H and O–H groups in total. The van der Waals surface area contributed by atoms with E-state index in [1.807, 2.05) is 12.3 Å². The fourth-order valence-electron chi connectivity index (χ4n) is 2.78. The van der Waals surface area contributed by atoms with E-state index in [-0.39, 0.29) is 18.0 Å². The third-order valence-corrected chi connectivity index (χ3v) is 4.79. The van der Waals surface area contributed by atoms with Crippen LogP contribution in [-0.2, 0) is 11.3 Å². The Kier molecular flexibility index (Phi) is 7.08. The van der Waals surface area contributed by atoms with E-state index in [0.717, 1.165) is 5.56 Å². The molecule has 0 aliphatic rings. The predicted octanol–water partition coefficient (Wildman–Crippen LogP) is 2.12. The first kappa shape index (κ1) is 22.1. The van der Waals surface area contributed by atoms with E-state index in [2.05, 4.69) is 20.3 Å². The van der Waals surface area contributed by atoms with Crippen LogP contribution in [0.4, 0.5) is 11.6 Å². The molecule has 0 radical (unpaired) electrons. The van der Waals surface area contributed by atoms with Crippen LogP contribution in [0.3, 0.4) is 0 Å². The quantitative estimate of drug-likeness (QED) is 0.303. The molecule has 0 aliphatic carbocycles. The first-order valence-electron chi connectivity index (χ1n) is 9.31. The number of aromatic nitrogens is 4. The summed E-state index contributed by atoms with van der Waals surface area (Å²) in [7, 11) is 1.52. The summed E-state index contributed by atoms with van der Waals surface area (Å²) in [5.74, 6) is 0.489. The number of ether oxygens (including phenoxy) is 2. The molecule has 3 rings (SSSR count). The zero-order valence-electron chi connectivity index (χ0n) is 17.3. The minimum atomic E-state index is -0.520. The molecule has 0 bridgehead atoms. The van der Waals surface area contributed by atoms with Crippen molar-refractivity contribution in [3.63, 3.8) is 0 Å². The van der Waals surface area contributed by atoms with Crippen molar-refractivity contribution in [1.29, 1.82) is 0 Å². The number of nitrogens with zero attached hydrogens (tertiary/aromatic N) is 4. The van der Waals surface area contributed by atoms with E-state index in [1.54, 1.807) is 19.1 Å². The summed E-state index contributed by atoms with van der Waals surface area (Å²) in [6.45, 7) is 2.30. The largest absolute Gasteiger partial charge is 0.495 e. The number of esters is 1. The molecule has 0 unspecified atom stereocenters. The summed E-state index contributed by atoms with van der Waals surface area (Å²) in [6.07, 6.45) is 4.82. The molecule has 0 saturated carbocycles. The van der Waals surface area contributed by atoms with Gasteiger partial charge in [-0.2, -0.15) is 4.98 Å². The van der Waals surface area contributed by atoms with E-state index in [1.165, 1.54) is 41.9 Å². The van der Waals surface area contributed by atoms with Gasteiger partial charge in [0.2, 0.25) is 0 Å². The van der Waals surface area contributed by atoms with Gasteiger partial charge < -0.3 is 20.5 Å². The van der Waals surface area contributed by atoms with Crippen LogP contribution in [-0.4, -0.2) is 45.5 Å². The number of methoxy groups -OCH3 is 1. The molecular formula is C20H22N6O4S. The number of thioether (sulfide) groups is 1. The van der Waals surface area contributed by atoms with Crippen LogP contribution in [0.2, 0.25) is 0 Å². The van der Waals surface area contributed by atoms with Gasteiger partial charge >= 0.3 is 11.7 Å². The van der Waals surface area contributed by atoms with Gasteiger partial charge in [-0.3, -0.25) is 4.57 Å². The van der Waals surface area contributed by atoms with E-state index in [4.69, 9.17) is 15.2 Å². The predicted molar refractivity (Wildman–Crippen MR) is 118 cm³/mol. The maximum absolute atomic E-state index is 12.3. The highest BCUT2D eigenvalue weighted by Crippen LogP contribution is 2.24. The number of hydrogen-bond acceptors (Lipinski definition) is 10. The second-order valence-electron chi connectivity index (χ2n) is 6.20. The molecule has 0 fully saturated rings. The molecule has 31 heavy (non-hydrogen) atoms. The van der Waals surface area contributed by atoms with Crippen LogP contribution in [0.15, 0.2) is 46.6 Å². The lowest BCUT2D eigenvalue weighted by Gasteiger charge is -2.14. The highest BCUT2D eigenvalue weighted by atomic mass is 32.2. The number of rotatable bonds is 8. The minimum absolute atomic E-state index is 0.137. The standard InChI is InChI=1S/C20H22N6O4S/c1-4-30-18(27)13-11-23-19(31-3)25-17(13)22-10-12-5-6-15(29-2)14(9-12)26-8-7-16(21)24-20(26)28/h5-9,11H,4,10H2,1-3H3,(H2,21,24,28)(H,22,23,25). The Balaban J connectivity index is 1.92. The molecule has 2 aromatic heterocycles. The summed E-state index contributed by atoms with van der Waals surface area (Å²) < 4.78 is 11.8. The molecule has 0 atom stereocenters. The summed E-state index contributed by atoms with van der Waals surface area (Å²) in [5, 5.41) is 3.67. The smallest absolute Gasteiger partial charge is 0.354 e. The van der Waals surface area contributed by atoms with Crippen LogP contribution in [0.5, 0.6) is 5.75 Å². The van der Waals surface area contributed by atoms with Crippen molar-refractivity contribution >= 4 is 29.4 Å². The zero-order valence-corrected chi connectivity index (χ0v) is 18.1. The van der Waals surface area contributed by atoms with Gasteiger partial charge in [-0.25, -0.2) is 19.6 Å². The molecule has 3 aromatic rings. The zero-order chi connectivity index (χ0) is 22.4. The average molecular weight is 443 g/mol. The van der Waals surface area contributed by atoms with Gasteiger partial charge in [-0.1, -0.05) is 17.8 Å². The number of hydrogen-bond donors (Lipinski definition) is 2. The monoisotopic (exact) mass is 442 g/mol. The van der Waals surface area contributed by atoms with Gasteiger partial charge in [0.25, 0.3) is 0 Å². The fraction of sp³-hybridized carbons (Fsp3) is 0.250. The molecular weight excluding hydrogens is 420 g/mol. The van der Waals surface area contributed by atoms with Crippen LogP contribution >= 0.6 is 11.8 Å². The average Bonchev–Trinajstić information content (AvgIpc) is 2.77. The number of nitrogens with one attached hydrogen (secondary N) is 1. The van der Waals surface area contributed by atoms with Gasteiger partial charge in [0.1, 0.15) is 22.9 Å². The Labute approximate surface area is 182 Å². The van der Waals surface area contributed by atoms with Crippen LogP contribution < -0.4 is 21.5 Å². The van der Waals surface area contributed by atoms with E-state index in [0.29, 0.717) is 29.0 Å². The van der Waals surface area contributed by atoms with Gasteiger partial charge in [0.05, 0.1) is 19.4 Å². The lowest BCUT2D eigenvalue weighted by Crippen LogP contribution is -2.22. The SMILES string of the molecule is CCOC(=O)c1cnc(SC)nc1NCc1ccc(OC)c(-n2ccc(N)nc2=O)c1. The molecule has 10 nitrogen and oxygen atoms in total. The topological polar surface area (TPSA) is 134 Å². The first-order valence-corrected chi connectivity index (χ1v) is 10.5. The fourth-order valence-corrected chi connectivity index (χ4v) is 3.12. The molecule has 0 aliphatic heterocycles. The number of carbonyl (C=O) groups excluding carboxylic acids is 1. The normalized spacial score (nSPS) is 10.5. The van der Waals surface area contributed by atoms with Crippen molar-refractivity contribution in [3.05, 3.63) is 58.3 Å². The molecule has 1 aromatic carbocycles. The van der Waals surface area contributed by atoms with Crippen LogP contribution in [0.25, 0.3) is 5.69 Å². The summed E-state index contributed by atoms with van der Waals surface area (Å²) in [6, 6.07) is 6.90. The number of benzene rings is 1. The summed E-state index contributed by atoms with van der Waals surface area (Å²) in [5.41, 5.74) is 6.64. The molecule has 0 spiro atoms. The molecule has 0 saturated heterocycles. The van der Waals surface area contributed by atoms with Crippen LogP contribution in [0, 0.1) is 0 Å². The Hall–Kier alpha value is -3.60. The summed E-state index contributed by atoms with van der Waals surface area (Å²) in [4.78, 5) is 36.8. The lowest BCUT2D eigenvalue weighted by molar-refractivity contribution is 0.0526. The van der Waals surface area contributed by atoms with Crippen molar-refractivity contribution in [2.75, 3.05) is 31.0 Å². The van der Waals surface area contributed by atoms with Gasteiger partial charge in [-0.15, -0.1) is 0 Å². The molecule has 162 valence electrons. The second kappa shape index (κ2) is 9.94. The highest BCUT2D eigenvalue weighted by Gasteiger charge is 2.16. The Bertz CT molecular complexity index is 1150. The first-order chi connectivity index (χ1) is 15.0. The number of anilines is 2. The number of nitrogen functional groups attached to an aromatic ring is 1. The van der Waals surface area contributed by atoms with Crippen molar-refractivity contribution in [2.45, 2.75) is 18.6 Å². The van der Waals surface area contributed by atoms with Crippen molar-refractivity contribution in [3.8, 4) is 11.4 Å². The Morgan fingerprint density at radius 1 is 1.29 bits per heavy atom. The maximum atomic E-state index is 12.3. The Morgan fingerprint density at radius 3 is 2.77 bits per heavy atom. The van der Waals surface area contributed by atoms with Gasteiger partial charge in [0.15, 0.2) is 5.16 Å². The third-order valence-electron chi connectivity index (χ3n) is 4.23. The molecule has 2 heterocycles. The minimum Gasteiger partial charge on any atom is -0.495 e. The number of nitrogens with two attached hydrogens (primary N) is 1. The van der Waals surface area contributed by atoms with Crippen molar-refractivity contribution in [2.24, 2.45) is 0 Å². The number of carbonyl (C=O) groups is 1. The maximum Gasteiger partial charge on any atom is 0.354 e. The lowest BCUT2D eigenvalue weighted by atomic mass is 10.1. The van der Waals surface area contributed by atoms with Crippen molar-refractivity contribution in [1.82, 2.24) is 19.5 Å². The van der Waals surface area contributed by atoms with E-state index in [9.17, 15) is 9.59 Å². The van der Waals surface area contributed by atoms with E-state index < -0.39 is 11.7 Å². The van der Waals surface area contributed by atoms with Gasteiger partial charge in [0, 0.05) is 18.9 Å². The van der Waals surface area contributed by atoms with Crippen molar-refractivity contribution < 1.29 is 14.3 Å². The van der Waals surface area contributed by atoms with Gasteiger partial charge in [-0.05, 0) is 36.9 Å². The third kappa shape index (κ3) is 5.12. The second-order valence-corrected chi connectivity index (χ2v) is 6.98. The summed E-state index contributed by atoms with van der Waals surface area (Å²) >= 11 is 1.36.